The van der Waals surface area contributed by atoms with E-state index in [2.05, 4.69) is 4.99 Å². The number of hydrogen-bond acceptors (Lipinski definition) is 1. The largest absolute Gasteiger partial charge is 0.444 e. The Bertz CT molecular complexity index is 646. The lowest BCUT2D eigenvalue weighted by molar-refractivity contribution is -0.0558. The van der Waals surface area contributed by atoms with Crippen LogP contribution in [-0.2, 0) is 0 Å². The van der Waals surface area contributed by atoms with E-state index in [9.17, 15) is 13.2 Å². The van der Waals surface area contributed by atoms with Crippen LogP contribution >= 0.6 is 11.6 Å². The van der Waals surface area contributed by atoms with Crippen LogP contribution in [0.5, 0.6) is 0 Å². The van der Waals surface area contributed by atoms with Crippen molar-refractivity contribution in [3.8, 4) is 0 Å². The molecule has 0 radical (unpaired) electrons. The third-order valence-corrected chi connectivity index (χ3v) is 2.92. The average molecular weight is 310 g/mol. The van der Waals surface area contributed by atoms with Gasteiger partial charge >= 0.3 is 6.18 Å². The molecule has 108 valence electrons. The number of alkyl halides is 3. The minimum absolute atomic E-state index is 0.157. The van der Waals surface area contributed by atoms with Crippen molar-refractivity contribution in [3.63, 3.8) is 0 Å². The minimum atomic E-state index is -4.66. The van der Waals surface area contributed by atoms with E-state index < -0.39 is 11.3 Å². The Morgan fingerprint density at radius 1 is 0.905 bits per heavy atom. The third kappa shape index (κ3) is 4.46. The Labute approximate surface area is 125 Å². The molecule has 0 atom stereocenters. The summed E-state index contributed by atoms with van der Waals surface area (Å²) < 4.78 is 37.7. The van der Waals surface area contributed by atoms with Gasteiger partial charge in [0.2, 0.25) is 5.17 Å². The van der Waals surface area contributed by atoms with Gasteiger partial charge in [-0.15, -0.1) is 0 Å². The lowest BCUT2D eigenvalue weighted by Crippen LogP contribution is -2.17. The van der Waals surface area contributed by atoms with Crippen LogP contribution in [0.3, 0.4) is 0 Å². The number of hydrogen-bond donors (Lipinski definition) is 0. The van der Waals surface area contributed by atoms with Crippen molar-refractivity contribution in [2.75, 3.05) is 0 Å². The second-order valence-corrected chi connectivity index (χ2v) is 4.56. The van der Waals surface area contributed by atoms with Gasteiger partial charge in [0.05, 0.1) is 5.70 Å². The summed E-state index contributed by atoms with van der Waals surface area (Å²) in [7, 11) is 0. The van der Waals surface area contributed by atoms with Crippen molar-refractivity contribution in [2.45, 2.75) is 6.18 Å². The summed E-state index contributed by atoms with van der Waals surface area (Å²) in [5.41, 5.74) is 1.46. The van der Waals surface area contributed by atoms with Crippen LogP contribution < -0.4 is 0 Å². The van der Waals surface area contributed by atoms with E-state index in [1.54, 1.807) is 60.7 Å². The van der Waals surface area contributed by atoms with E-state index in [1.165, 1.54) is 0 Å². The molecule has 2 rings (SSSR count). The lowest BCUT2D eigenvalue weighted by Gasteiger charge is -2.07. The van der Waals surface area contributed by atoms with Crippen LogP contribution in [-0.4, -0.2) is 11.3 Å². The summed E-state index contributed by atoms with van der Waals surface area (Å²) in [6.45, 7) is 0. The summed E-state index contributed by atoms with van der Waals surface area (Å²) in [6.07, 6.45) is -3.10. The highest BCUT2D eigenvalue weighted by Gasteiger charge is 2.34. The minimum Gasteiger partial charge on any atom is -0.232 e. The fraction of sp³-hybridized carbons (Fsp3) is 0.0625. The molecule has 2 aromatic carbocycles. The molecule has 0 heterocycles. The second-order valence-electron chi connectivity index (χ2n) is 4.21. The van der Waals surface area contributed by atoms with Gasteiger partial charge in [-0.05, 0) is 11.6 Å². The maximum atomic E-state index is 12.6. The van der Waals surface area contributed by atoms with Gasteiger partial charge in [-0.25, -0.2) is 4.99 Å². The third-order valence-electron chi connectivity index (χ3n) is 2.63. The molecule has 0 aromatic heterocycles. The molecule has 0 aliphatic rings. The number of aliphatic imine (C=N–C) groups is 1. The van der Waals surface area contributed by atoms with Gasteiger partial charge < -0.3 is 0 Å². The van der Waals surface area contributed by atoms with E-state index in [4.69, 9.17) is 11.6 Å². The van der Waals surface area contributed by atoms with Crippen LogP contribution in [0.1, 0.15) is 11.1 Å². The van der Waals surface area contributed by atoms with Gasteiger partial charge in [0.25, 0.3) is 0 Å². The van der Waals surface area contributed by atoms with Crippen molar-refractivity contribution in [1.82, 2.24) is 0 Å². The van der Waals surface area contributed by atoms with Gasteiger partial charge in [0.1, 0.15) is 0 Å². The van der Waals surface area contributed by atoms with Crippen molar-refractivity contribution in [3.05, 3.63) is 71.8 Å². The molecule has 1 nitrogen and oxygen atoms in total. The quantitative estimate of drug-likeness (QED) is 0.533. The van der Waals surface area contributed by atoms with Crippen molar-refractivity contribution in [2.24, 2.45) is 4.99 Å². The Kier molecular flexibility index (Phi) is 4.81. The molecular formula is C16H11ClF3N. The number of nitrogens with zero attached hydrogens (tertiary/aromatic N) is 1. The normalized spacial score (nSPS) is 13.3. The van der Waals surface area contributed by atoms with E-state index in [1.807, 2.05) is 6.07 Å². The number of benzene rings is 2. The van der Waals surface area contributed by atoms with Gasteiger partial charge in [-0.3, -0.25) is 0 Å². The van der Waals surface area contributed by atoms with Gasteiger partial charge in [0, 0.05) is 5.56 Å². The molecular weight excluding hydrogens is 299 g/mol. The SMILES string of the molecule is FC(F)(F)C(Cl)=NC(=Cc1ccccc1)c1ccccc1. The molecule has 0 aliphatic carbocycles. The first-order valence-corrected chi connectivity index (χ1v) is 6.48. The molecule has 2 aromatic rings. The highest BCUT2D eigenvalue weighted by Crippen LogP contribution is 2.26. The second kappa shape index (κ2) is 6.59. The zero-order valence-corrected chi connectivity index (χ0v) is 11.6. The van der Waals surface area contributed by atoms with Gasteiger partial charge in [-0.1, -0.05) is 72.3 Å². The standard InChI is InChI=1S/C16H11ClF3N/c17-15(16(18,19)20)21-14(13-9-5-2-6-10-13)11-12-7-3-1-4-8-12/h1-11H. The molecule has 5 heteroatoms. The fourth-order valence-electron chi connectivity index (χ4n) is 1.67. The van der Waals surface area contributed by atoms with Crippen LogP contribution in [0, 0.1) is 0 Å². The lowest BCUT2D eigenvalue weighted by atomic mass is 10.1. The number of halogens is 4. The topological polar surface area (TPSA) is 12.4 Å². The Morgan fingerprint density at radius 2 is 1.43 bits per heavy atom. The van der Waals surface area contributed by atoms with Crippen molar-refractivity contribution < 1.29 is 13.2 Å². The maximum absolute atomic E-state index is 12.6. The molecule has 0 fully saturated rings. The highest BCUT2D eigenvalue weighted by atomic mass is 35.5. The Morgan fingerprint density at radius 3 is 1.95 bits per heavy atom. The first kappa shape index (κ1) is 15.3. The number of rotatable bonds is 3. The maximum Gasteiger partial charge on any atom is 0.444 e. The van der Waals surface area contributed by atoms with E-state index in [0.717, 1.165) is 5.56 Å². The molecule has 0 amide bonds. The molecule has 0 bridgehead atoms. The smallest absolute Gasteiger partial charge is 0.232 e. The van der Waals surface area contributed by atoms with Crippen LogP contribution in [0.15, 0.2) is 65.7 Å². The molecule has 0 N–H and O–H groups in total. The molecule has 0 saturated heterocycles. The zero-order chi connectivity index (χ0) is 15.3. The van der Waals surface area contributed by atoms with E-state index in [0.29, 0.717) is 5.56 Å². The van der Waals surface area contributed by atoms with Crippen LogP contribution in [0.4, 0.5) is 13.2 Å². The van der Waals surface area contributed by atoms with Crippen molar-refractivity contribution in [1.29, 1.82) is 0 Å². The van der Waals surface area contributed by atoms with Gasteiger partial charge in [0.15, 0.2) is 0 Å². The zero-order valence-electron chi connectivity index (χ0n) is 10.8. The average Bonchev–Trinajstić information content (AvgIpc) is 2.47. The summed E-state index contributed by atoms with van der Waals surface area (Å²) >= 11 is 5.25. The van der Waals surface area contributed by atoms with E-state index in [-0.39, 0.29) is 5.70 Å². The molecule has 0 aliphatic heterocycles. The monoisotopic (exact) mass is 309 g/mol. The van der Waals surface area contributed by atoms with E-state index >= 15 is 0 Å². The van der Waals surface area contributed by atoms with Crippen molar-refractivity contribution >= 4 is 28.5 Å². The van der Waals surface area contributed by atoms with Crippen LogP contribution in [0.25, 0.3) is 11.8 Å². The summed E-state index contributed by atoms with van der Waals surface area (Å²) in [6, 6.07) is 17.6. The predicted molar refractivity (Wildman–Crippen MR) is 80.1 cm³/mol. The summed E-state index contributed by atoms with van der Waals surface area (Å²) in [5.74, 6) is 0. The fourth-order valence-corrected chi connectivity index (χ4v) is 1.76. The Hall–Kier alpha value is -2.07. The van der Waals surface area contributed by atoms with Gasteiger partial charge in [-0.2, -0.15) is 13.2 Å². The molecule has 0 unspecified atom stereocenters. The van der Waals surface area contributed by atoms with Crippen LogP contribution in [0.2, 0.25) is 0 Å². The first-order chi connectivity index (χ1) is 9.97. The summed E-state index contributed by atoms with van der Waals surface area (Å²) in [4.78, 5) is 3.53. The highest BCUT2D eigenvalue weighted by molar-refractivity contribution is 6.67. The molecule has 21 heavy (non-hydrogen) atoms. The first-order valence-electron chi connectivity index (χ1n) is 6.10. The Balaban J connectivity index is 2.49. The summed E-state index contributed by atoms with van der Waals surface area (Å²) in [5, 5.41) is -1.39. The predicted octanol–water partition coefficient (Wildman–Crippen LogP) is 5.38. The molecule has 0 saturated carbocycles. The molecule has 0 spiro atoms.